The number of methoxy groups -OCH3 is 1. The summed E-state index contributed by atoms with van der Waals surface area (Å²) in [5.41, 5.74) is 7.81. The van der Waals surface area contributed by atoms with Crippen LogP contribution in [-0.2, 0) is 5.54 Å². The summed E-state index contributed by atoms with van der Waals surface area (Å²) >= 11 is 6.46. The maximum atomic E-state index is 13.9. The smallest absolute Gasteiger partial charge is 0.290 e. The van der Waals surface area contributed by atoms with E-state index in [2.05, 4.69) is 62.9 Å². The van der Waals surface area contributed by atoms with Gasteiger partial charge in [-0.25, -0.2) is 4.98 Å². The number of carbonyl (C=O) groups is 1. The van der Waals surface area contributed by atoms with Gasteiger partial charge >= 0.3 is 0 Å². The molecule has 1 saturated heterocycles. The summed E-state index contributed by atoms with van der Waals surface area (Å²) in [5.74, 6) is 0.211. The lowest BCUT2D eigenvalue weighted by molar-refractivity contribution is 0.0656. The average molecular weight is 595 g/mol. The molecular formula is C34H35ClN6O2. The van der Waals surface area contributed by atoms with Gasteiger partial charge in [0, 0.05) is 67.3 Å². The second-order valence-electron chi connectivity index (χ2n) is 10.8. The standard InChI is InChI=1S/C34H35ClN6O2/c1-24-29(23-40-20-18-36-19-21-40)32(28-10-6-7-11-31(28)43-2)34(25-8-4-3-5-9-25,26-12-14-27(35)15-13-26)41(24)39-33(42)30-22-37-16-17-38-30/h3-17,22,32,36H,18-21,23H2,1-2H3,(H,39,42). The Morgan fingerprint density at radius 2 is 1.70 bits per heavy atom. The molecular weight excluding hydrogens is 560 g/mol. The highest BCUT2D eigenvalue weighted by molar-refractivity contribution is 6.30. The molecule has 0 saturated carbocycles. The fourth-order valence-electron chi connectivity index (χ4n) is 6.53. The lowest BCUT2D eigenvalue weighted by Gasteiger charge is -2.46. The zero-order valence-electron chi connectivity index (χ0n) is 24.3. The predicted molar refractivity (Wildman–Crippen MR) is 168 cm³/mol. The van der Waals surface area contributed by atoms with E-state index in [1.807, 2.05) is 53.5 Å². The third-order valence-corrected chi connectivity index (χ3v) is 8.73. The molecule has 0 bridgehead atoms. The maximum absolute atomic E-state index is 13.9. The number of para-hydroxylation sites is 1. The number of allylic oxidation sites excluding steroid dienone is 1. The number of carbonyl (C=O) groups excluding carboxylic acids is 1. The molecule has 1 aromatic heterocycles. The first-order valence-corrected chi connectivity index (χ1v) is 14.9. The summed E-state index contributed by atoms with van der Waals surface area (Å²) in [5, 5.41) is 6.15. The highest BCUT2D eigenvalue weighted by Crippen LogP contribution is 2.58. The Kier molecular flexibility index (Phi) is 8.42. The number of nitrogens with zero attached hydrogens (tertiary/aromatic N) is 4. The highest BCUT2D eigenvalue weighted by Gasteiger charge is 2.56. The number of rotatable bonds is 8. The Hall–Kier alpha value is -4.24. The third-order valence-electron chi connectivity index (χ3n) is 8.48. The van der Waals surface area contributed by atoms with Crippen molar-refractivity contribution in [1.29, 1.82) is 0 Å². The molecule has 0 spiro atoms. The van der Waals surface area contributed by atoms with Crippen LogP contribution in [0.4, 0.5) is 0 Å². The van der Waals surface area contributed by atoms with Crippen LogP contribution in [0.3, 0.4) is 0 Å². The van der Waals surface area contributed by atoms with Crippen LogP contribution in [0.5, 0.6) is 5.75 Å². The Bertz CT molecular complexity index is 1590. The highest BCUT2D eigenvalue weighted by atomic mass is 35.5. The lowest BCUT2D eigenvalue weighted by Crippen LogP contribution is -2.54. The summed E-state index contributed by atoms with van der Waals surface area (Å²) in [4.78, 5) is 24.8. The maximum Gasteiger partial charge on any atom is 0.290 e. The van der Waals surface area contributed by atoms with E-state index >= 15 is 0 Å². The largest absolute Gasteiger partial charge is 0.496 e. The minimum absolute atomic E-state index is 0.232. The van der Waals surface area contributed by atoms with E-state index in [9.17, 15) is 4.79 Å². The van der Waals surface area contributed by atoms with Crippen molar-refractivity contribution in [2.75, 3.05) is 39.8 Å². The van der Waals surface area contributed by atoms with E-state index < -0.39 is 5.54 Å². The molecule has 0 radical (unpaired) electrons. The van der Waals surface area contributed by atoms with Crippen LogP contribution in [0.2, 0.25) is 5.02 Å². The van der Waals surface area contributed by atoms with Gasteiger partial charge in [-0.2, -0.15) is 0 Å². The molecule has 2 aliphatic heterocycles. The van der Waals surface area contributed by atoms with E-state index in [-0.39, 0.29) is 17.5 Å². The van der Waals surface area contributed by atoms with Crippen LogP contribution in [0, 0.1) is 0 Å². The lowest BCUT2D eigenvalue weighted by atomic mass is 9.68. The summed E-state index contributed by atoms with van der Waals surface area (Å²) in [7, 11) is 1.71. The first kappa shape index (κ1) is 28.9. The van der Waals surface area contributed by atoms with Gasteiger partial charge in [0.25, 0.3) is 5.91 Å². The summed E-state index contributed by atoms with van der Waals surface area (Å²) in [6.07, 6.45) is 4.57. The Morgan fingerprint density at radius 1 is 1.00 bits per heavy atom. The fraction of sp³-hybridized carbons (Fsp3) is 0.265. The first-order valence-electron chi connectivity index (χ1n) is 14.5. The third kappa shape index (κ3) is 5.38. The summed E-state index contributed by atoms with van der Waals surface area (Å²) in [6, 6.07) is 26.5. The molecule has 2 N–H and O–H groups in total. The molecule has 0 aliphatic carbocycles. The Morgan fingerprint density at radius 3 is 2.40 bits per heavy atom. The van der Waals surface area contributed by atoms with Crippen molar-refractivity contribution in [3.8, 4) is 5.75 Å². The number of hydrogen-bond acceptors (Lipinski definition) is 7. The van der Waals surface area contributed by atoms with Crippen LogP contribution in [0.1, 0.15) is 40.0 Å². The molecule has 4 aromatic rings. The van der Waals surface area contributed by atoms with Crippen molar-refractivity contribution in [3.05, 3.63) is 136 Å². The normalized spacial score (nSPS) is 20.7. The SMILES string of the molecule is COc1ccccc1C1C(CN2CCNCC2)=C(C)N(NC(=O)c2cnccn2)C1(c1ccccc1)c1ccc(Cl)cc1. The molecule has 2 aliphatic rings. The minimum atomic E-state index is -0.897. The number of nitrogens with one attached hydrogen (secondary N) is 2. The molecule has 6 rings (SSSR count). The van der Waals surface area contributed by atoms with E-state index in [1.165, 1.54) is 18.0 Å². The van der Waals surface area contributed by atoms with Crippen molar-refractivity contribution in [2.45, 2.75) is 18.4 Å². The van der Waals surface area contributed by atoms with E-state index in [4.69, 9.17) is 16.3 Å². The van der Waals surface area contributed by atoms with Gasteiger partial charge in [0.15, 0.2) is 0 Å². The molecule has 9 heteroatoms. The zero-order chi connectivity index (χ0) is 29.8. The fourth-order valence-corrected chi connectivity index (χ4v) is 6.66. The number of amides is 1. The number of hydrazine groups is 1. The van der Waals surface area contributed by atoms with Crippen molar-refractivity contribution in [3.63, 3.8) is 0 Å². The average Bonchev–Trinajstić information content (AvgIpc) is 3.30. The van der Waals surface area contributed by atoms with E-state index in [0.29, 0.717) is 5.02 Å². The van der Waals surface area contributed by atoms with Crippen LogP contribution < -0.4 is 15.5 Å². The van der Waals surface area contributed by atoms with Crippen LogP contribution in [0.25, 0.3) is 0 Å². The second-order valence-corrected chi connectivity index (χ2v) is 11.3. The minimum Gasteiger partial charge on any atom is -0.496 e. The first-order chi connectivity index (χ1) is 21.0. The second kappa shape index (κ2) is 12.6. The van der Waals surface area contributed by atoms with Gasteiger partial charge in [-0.1, -0.05) is 72.3 Å². The molecule has 220 valence electrons. The van der Waals surface area contributed by atoms with Crippen LogP contribution >= 0.6 is 11.6 Å². The molecule has 8 nitrogen and oxygen atoms in total. The Labute approximate surface area is 257 Å². The topological polar surface area (TPSA) is 82.6 Å². The Balaban J connectivity index is 1.64. The number of aromatic nitrogens is 2. The number of ether oxygens (including phenoxy) is 1. The van der Waals surface area contributed by atoms with Gasteiger partial charge in [-0.3, -0.25) is 25.1 Å². The van der Waals surface area contributed by atoms with E-state index in [0.717, 1.165) is 60.9 Å². The monoisotopic (exact) mass is 594 g/mol. The van der Waals surface area contributed by atoms with Crippen molar-refractivity contribution in [1.82, 2.24) is 30.6 Å². The summed E-state index contributed by atoms with van der Waals surface area (Å²) < 4.78 is 6.01. The van der Waals surface area contributed by atoms with Gasteiger partial charge in [-0.15, -0.1) is 0 Å². The number of piperazine rings is 1. The number of hydrogen-bond donors (Lipinski definition) is 2. The van der Waals surface area contributed by atoms with Crippen molar-refractivity contribution < 1.29 is 9.53 Å². The van der Waals surface area contributed by atoms with Gasteiger partial charge in [-0.05, 0) is 41.8 Å². The molecule has 3 heterocycles. The molecule has 43 heavy (non-hydrogen) atoms. The molecule has 2 atom stereocenters. The number of halogens is 1. The van der Waals surface area contributed by atoms with E-state index in [1.54, 1.807) is 13.3 Å². The predicted octanol–water partition coefficient (Wildman–Crippen LogP) is 5.01. The summed E-state index contributed by atoms with van der Waals surface area (Å²) in [6.45, 7) is 6.55. The van der Waals surface area contributed by atoms with Gasteiger partial charge in [0.1, 0.15) is 17.0 Å². The zero-order valence-corrected chi connectivity index (χ0v) is 25.1. The van der Waals surface area contributed by atoms with Gasteiger partial charge in [0.2, 0.25) is 0 Å². The van der Waals surface area contributed by atoms with Gasteiger partial charge < -0.3 is 10.1 Å². The van der Waals surface area contributed by atoms with Crippen molar-refractivity contribution >= 4 is 17.5 Å². The number of benzene rings is 3. The van der Waals surface area contributed by atoms with Crippen molar-refractivity contribution in [2.24, 2.45) is 0 Å². The molecule has 3 aromatic carbocycles. The molecule has 2 unspecified atom stereocenters. The van der Waals surface area contributed by atoms with Gasteiger partial charge in [0.05, 0.1) is 13.3 Å². The molecule has 1 amide bonds. The molecule has 1 fully saturated rings. The quantitative estimate of drug-likeness (QED) is 0.297. The van der Waals surface area contributed by atoms with Crippen LogP contribution in [0.15, 0.2) is 109 Å². The van der Waals surface area contributed by atoms with Crippen LogP contribution in [-0.4, -0.2) is 65.6 Å².